The van der Waals surface area contributed by atoms with Gasteiger partial charge in [-0.3, -0.25) is 4.68 Å². The molecule has 0 spiro atoms. The third-order valence-electron chi connectivity index (χ3n) is 4.22. The lowest BCUT2D eigenvalue weighted by Gasteiger charge is -2.25. The lowest BCUT2D eigenvalue weighted by molar-refractivity contribution is 0.335. The Bertz CT molecular complexity index is 533. The van der Waals surface area contributed by atoms with Crippen molar-refractivity contribution in [3.8, 4) is 0 Å². The van der Waals surface area contributed by atoms with E-state index >= 15 is 0 Å². The summed E-state index contributed by atoms with van der Waals surface area (Å²) in [5, 5.41) is 7.16. The lowest BCUT2D eigenvalue weighted by Crippen LogP contribution is -2.36. The quantitative estimate of drug-likeness (QED) is 0.807. The van der Waals surface area contributed by atoms with Gasteiger partial charge in [-0.25, -0.2) is 8.42 Å². The van der Waals surface area contributed by atoms with Crippen LogP contribution >= 0.6 is 0 Å². The molecule has 2 rings (SSSR count). The van der Waals surface area contributed by atoms with Crippen molar-refractivity contribution in [1.82, 2.24) is 19.4 Å². The van der Waals surface area contributed by atoms with Gasteiger partial charge in [0.2, 0.25) is 10.0 Å². The molecule has 1 aliphatic rings. The minimum absolute atomic E-state index is 0.123. The number of sulfonamides is 1. The minimum Gasteiger partial charge on any atom is -0.318 e. The van der Waals surface area contributed by atoms with Gasteiger partial charge in [0.05, 0.1) is 12.7 Å². The Hall–Kier alpha value is -0.920. The second kappa shape index (κ2) is 7.38. The third-order valence-corrected chi connectivity index (χ3v) is 6.08. The predicted octanol–water partition coefficient (Wildman–Crippen LogP) is 1.45. The molecular formula is C14H26N4O2S. The molecule has 1 aromatic heterocycles. The number of likely N-dealkylation sites (N-methyl/N-ethyl adjacent to an activating group) is 1. The van der Waals surface area contributed by atoms with E-state index in [0.29, 0.717) is 11.4 Å². The zero-order valence-electron chi connectivity index (χ0n) is 13.0. The molecule has 1 aliphatic carbocycles. The molecule has 0 radical (unpaired) electrons. The van der Waals surface area contributed by atoms with Crippen LogP contribution in [0, 0.1) is 0 Å². The zero-order valence-corrected chi connectivity index (χ0v) is 13.8. The summed E-state index contributed by atoms with van der Waals surface area (Å²) < 4.78 is 28.6. The number of rotatable bonds is 6. The monoisotopic (exact) mass is 314 g/mol. The smallest absolute Gasteiger partial charge is 0.246 e. The average Bonchev–Trinajstić information content (AvgIpc) is 2.79. The summed E-state index contributed by atoms with van der Waals surface area (Å²) in [5.41, 5.74) is 0. The number of nitrogens with zero attached hydrogens (tertiary/aromatic N) is 3. The second-order valence-corrected chi connectivity index (χ2v) is 7.71. The summed E-state index contributed by atoms with van der Waals surface area (Å²) in [6.07, 6.45) is 9.67. The molecule has 1 saturated carbocycles. The largest absolute Gasteiger partial charge is 0.318 e. The van der Waals surface area contributed by atoms with Crippen LogP contribution in [-0.2, 0) is 16.6 Å². The van der Waals surface area contributed by atoms with Crippen molar-refractivity contribution in [2.45, 2.75) is 56.0 Å². The molecule has 6 nitrogen and oxygen atoms in total. The average molecular weight is 314 g/mol. The van der Waals surface area contributed by atoms with Crippen molar-refractivity contribution in [3.05, 3.63) is 12.4 Å². The fourth-order valence-electron chi connectivity index (χ4n) is 2.81. The van der Waals surface area contributed by atoms with Crippen LogP contribution in [0.5, 0.6) is 0 Å². The molecule has 1 aromatic rings. The standard InChI is InChI=1S/C14H26N4O2S/c1-15-9-10-18-12-14(11-16-18)21(19,20)17(2)13-7-5-3-4-6-8-13/h11-13,15H,3-10H2,1-2H3. The van der Waals surface area contributed by atoms with Gasteiger partial charge in [-0.15, -0.1) is 0 Å². The first kappa shape index (κ1) is 16.5. The van der Waals surface area contributed by atoms with Gasteiger partial charge in [0, 0.05) is 25.8 Å². The van der Waals surface area contributed by atoms with E-state index in [1.54, 1.807) is 22.2 Å². The van der Waals surface area contributed by atoms with Crippen LogP contribution in [0.4, 0.5) is 0 Å². The van der Waals surface area contributed by atoms with E-state index in [1.807, 2.05) is 7.05 Å². The Morgan fingerprint density at radius 2 is 2.00 bits per heavy atom. The summed E-state index contributed by atoms with van der Waals surface area (Å²) in [4.78, 5) is 0.297. The van der Waals surface area contributed by atoms with Gasteiger partial charge in [-0.05, 0) is 19.9 Å². The maximum Gasteiger partial charge on any atom is 0.246 e. The Kier molecular flexibility index (Phi) is 5.78. The molecule has 120 valence electrons. The number of nitrogens with one attached hydrogen (secondary N) is 1. The third kappa shape index (κ3) is 4.05. The Labute approximate surface area is 127 Å². The normalized spacial score (nSPS) is 18.0. The molecule has 0 aliphatic heterocycles. The summed E-state index contributed by atoms with van der Waals surface area (Å²) in [6.45, 7) is 1.43. The molecule has 0 saturated heterocycles. The van der Waals surface area contributed by atoms with Gasteiger partial charge in [-0.2, -0.15) is 9.40 Å². The molecule has 0 aromatic carbocycles. The Morgan fingerprint density at radius 1 is 1.33 bits per heavy atom. The van der Waals surface area contributed by atoms with Crippen LogP contribution in [0.25, 0.3) is 0 Å². The van der Waals surface area contributed by atoms with Crippen LogP contribution in [0.2, 0.25) is 0 Å². The van der Waals surface area contributed by atoms with Crippen LogP contribution in [0.15, 0.2) is 17.3 Å². The van der Waals surface area contributed by atoms with Crippen LogP contribution in [0.1, 0.15) is 38.5 Å². The predicted molar refractivity (Wildman–Crippen MR) is 82.6 cm³/mol. The van der Waals surface area contributed by atoms with Gasteiger partial charge >= 0.3 is 0 Å². The van der Waals surface area contributed by atoms with Gasteiger partial charge in [0.25, 0.3) is 0 Å². The van der Waals surface area contributed by atoms with Crippen molar-refractivity contribution in [3.63, 3.8) is 0 Å². The maximum absolute atomic E-state index is 12.7. The van der Waals surface area contributed by atoms with Gasteiger partial charge in [0.15, 0.2) is 0 Å². The molecule has 0 unspecified atom stereocenters. The van der Waals surface area contributed by atoms with E-state index < -0.39 is 10.0 Å². The Morgan fingerprint density at radius 3 is 2.62 bits per heavy atom. The maximum atomic E-state index is 12.7. The van der Waals surface area contributed by atoms with Crippen molar-refractivity contribution in [2.75, 3.05) is 20.6 Å². The number of aromatic nitrogens is 2. The lowest BCUT2D eigenvalue weighted by atomic mass is 10.1. The highest BCUT2D eigenvalue weighted by Gasteiger charge is 2.29. The van der Waals surface area contributed by atoms with Crippen LogP contribution < -0.4 is 5.32 Å². The number of hydrogen-bond donors (Lipinski definition) is 1. The van der Waals surface area contributed by atoms with E-state index in [4.69, 9.17) is 0 Å². The molecule has 0 bridgehead atoms. The van der Waals surface area contributed by atoms with Gasteiger partial charge < -0.3 is 5.32 Å². The fourth-order valence-corrected chi connectivity index (χ4v) is 4.18. The molecule has 1 fully saturated rings. The molecular weight excluding hydrogens is 288 g/mol. The van der Waals surface area contributed by atoms with Crippen molar-refractivity contribution in [2.24, 2.45) is 0 Å². The van der Waals surface area contributed by atoms with E-state index in [1.165, 1.54) is 19.0 Å². The topological polar surface area (TPSA) is 67.2 Å². The second-order valence-electron chi connectivity index (χ2n) is 5.71. The van der Waals surface area contributed by atoms with E-state index in [2.05, 4.69) is 10.4 Å². The fraction of sp³-hybridized carbons (Fsp3) is 0.786. The highest BCUT2D eigenvalue weighted by molar-refractivity contribution is 7.89. The zero-order chi connectivity index (χ0) is 15.3. The summed E-state index contributed by atoms with van der Waals surface area (Å²) in [5.74, 6) is 0. The van der Waals surface area contributed by atoms with Gasteiger partial charge in [0.1, 0.15) is 4.90 Å². The number of hydrogen-bond acceptors (Lipinski definition) is 4. The molecule has 21 heavy (non-hydrogen) atoms. The molecule has 1 heterocycles. The minimum atomic E-state index is -3.43. The first-order valence-electron chi connectivity index (χ1n) is 7.71. The van der Waals surface area contributed by atoms with E-state index in [9.17, 15) is 8.42 Å². The van der Waals surface area contributed by atoms with E-state index in [-0.39, 0.29) is 6.04 Å². The molecule has 1 N–H and O–H groups in total. The Balaban J connectivity index is 2.10. The highest BCUT2D eigenvalue weighted by Crippen LogP contribution is 2.25. The highest BCUT2D eigenvalue weighted by atomic mass is 32.2. The van der Waals surface area contributed by atoms with Crippen molar-refractivity contribution >= 4 is 10.0 Å². The molecule has 0 amide bonds. The SMILES string of the molecule is CNCCn1cc(S(=O)(=O)N(C)C2CCCCCC2)cn1. The van der Waals surface area contributed by atoms with E-state index in [0.717, 1.165) is 32.2 Å². The van der Waals surface area contributed by atoms with Crippen LogP contribution in [0.3, 0.4) is 0 Å². The van der Waals surface area contributed by atoms with Gasteiger partial charge in [-0.1, -0.05) is 25.7 Å². The van der Waals surface area contributed by atoms with Crippen molar-refractivity contribution < 1.29 is 8.42 Å². The summed E-state index contributed by atoms with van der Waals surface area (Å²) >= 11 is 0. The van der Waals surface area contributed by atoms with Crippen molar-refractivity contribution in [1.29, 1.82) is 0 Å². The summed E-state index contributed by atoms with van der Waals surface area (Å²) in [6, 6.07) is 0.123. The first-order valence-corrected chi connectivity index (χ1v) is 9.15. The first-order chi connectivity index (χ1) is 10.1. The summed E-state index contributed by atoms with van der Waals surface area (Å²) in [7, 11) is 0.137. The molecule has 7 heteroatoms. The van der Waals surface area contributed by atoms with Crippen LogP contribution in [-0.4, -0.2) is 49.2 Å². The molecule has 0 atom stereocenters.